The first-order valence-electron chi connectivity index (χ1n) is 8.09. The van der Waals surface area contributed by atoms with Crippen LogP contribution in [0, 0.1) is 11.8 Å². The predicted molar refractivity (Wildman–Crippen MR) is 101 cm³/mol. The van der Waals surface area contributed by atoms with Crippen molar-refractivity contribution < 1.29 is 4.74 Å². The number of fused-ring (bicyclic) bond motifs is 1. The van der Waals surface area contributed by atoms with Gasteiger partial charge in [-0.15, -0.1) is 0 Å². The van der Waals surface area contributed by atoms with Gasteiger partial charge in [0.2, 0.25) is 0 Å². The van der Waals surface area contributed by atoms with Crippen LogP contribution in [0.4, 0.5) is 0 Å². The lowest BCUT2D eigenvalue weighted by Crippen LogP contribution is -1.91. The summed E-state index contributed by atoms with van der Waals surface area (Å²) in [6, 6.07) is 23.1. The van der Waals surface area contributed by atoms with Crippen LogP contribution in [0.2, 0.25) is 0 Å². The third kappa shape index (κ3) is 4.06. The van der Waals surface area contributed by atoms with Crippen molar-refractivity contribution in [2.24, 2.45) is 0 Å². The molecule has 0 aliphatic carbocycles. The Morgan fingerprint density at radius 1 is 0.875 bits per heavy atom. The number of benzene rings is 3. The van der Waals surface area contributed by atoms with Crippen LogP contribution >= 0.6 is 0 Å². The minimum absolute atomic E-state index is 0.754. The normalized spacial score (nSPS) is 10.5. The zero-order chi connectivity index (χ0) is 16.6. The Bertz CT molecular complexity index is 910. The van der Waals surface area contributed by atoms with Crippen LogP contribution in [-0.4, -0.2) is 7.11 Å². The van der Waals surface area contributed by atoms with Crippen LogP contribution in [0.3, 0.4) is 0 Å². The van der Waals surface area contributed by atoms with E-state index in [9.17, 15) is 0 Å². The van der Waals surface area contributed by atoms with Crippen LogP contribution in [0.5, 0.6) is 0 Å². The summed E-state index contributed by atoms with van der Waals surface area (Å²) in [5, 5.41) is 2.48. The Balaban J connectivity index is 1.76. The fraction of sp³-hybridized carbons (Fsp3) is 0.130. The third-order valence-corrected chi connectivity index (χ3v) is 3.95. The van der Waals surface area contributed by atoms with Crippen LogP contribution in [0.15, 0.2) is 79.1 Å². The molecule has 0 spiro atoms. The number of hydrogen-bond donors (Lipinski definition) is 0. The Labute approximate surface area is 143 Å². The van der Waals surface area contributed by atoms with Gasteiger partial charge in [0.25, 0.3) is 0 Å². The molecule has 0 aliphatic rings. The monoisotopic (exact) mass is 312 g/mol. The zero-order valence-electron chi connectivity index (χ0n) is 13.8. The lowest BCUT2D eigenvalue weighted by atomic mass is 10.0. The first-order valence-corrected chi connectivity index (χ1v) is 8.09. The second-order valence-electron chi connectivity index (χ2n) is 5.62. The topological polar surface area (TPSA) is 9.23 Å². The van der Waals surface area contributed by atoms with E-state index < -0.39 is 0 Å². The van der Waals surface area contributed by atoms with E-state index in [1.807, 2.05) is 6.08 Å². The van der Waals surface area contributed by atoms with Gasteiger partial charge in [-0.05, 0) is 46.5 Å². The molecule has 3 aromatic carbocycles. The molecule has 0 aliphatic heterocycles. The maximum Gasteiger partial charge on any atom is 0.0788 e. The van der Waals surface area contributed by atoms with E-state index in [1.54, 1.807) is 13.4 Å². The van der Waals surface area contributed by atoms with E-state index in [4.69, 9.17) is 4.74 Å². The van der Waals surface area contributed by atoms with E-state index >= 15 is 0 Å². The van der Waals surface area contributed by atoms with E-state index in [0.29, 0.717) is 0 Å². The van der Waals surface area contributed by atoms with E-state index in [2.05, 4.69) is 78.6 Å². The second-order valence-corrected chi connectivity index (χ2v) is 5.62. The molecule has 0 bridgehead atoms. The molecule has 0 N–H and O–H groups in total. The average molecular weight is 312 g/mol. The van der Waals surface area contributed by atoms with E-state index in [0.717, 1.165) is 18.4 Å². The van der Waals surface area contributed by atoms with Crippen molar-refractivity contribution in [3.63, 3.8) is 0 Å². The molecule has 0 heterocycles. The first-order chi connectivity index (χ1) is 11.9. The van der Waals surface area contributed by atoms with Crippen molar-refractivity contribution in [1.29, 1.82) is 0 Å². The minimum atomic E-state index is 0.754. The highest BCUT2D eigenvalue weighted by atomic mass is 16.5. The van der Waals surface area contributed by atoms with Crippen LogP contribution < -0.4 is 0 Å². The molecule has 0 aromatic heterocycles. The number of ether oxygens (including phenoxy) is 1. The van der Waals surface area contributed by atoms with Gasteiger partial charge in [-0.1, -0.05) is 66.4 Å². The van der Waals surface area contributed by atoms with Gasteiger partial charge in [-0.3, -0.25) is 0 Å². The molecule has 0 fully saturated rings. The molecule has 0 saturated carbocycles. The maximum atomic E-state index is 4.97. The van der Waals surface area contributed by atoms with E-state index in [-0.39, 0.29) is 0 Å². The van der Waals surface area contributed by atoms with Gasteiger partial charge in [-0.25, -0.2) is 0 Å². The Kier molecular flexibility index (Phi) is 5.32. The summed E-state index contributed by atoms with van der Waals surface area (Å²) in [6.45, 7) is 0. The largest absolute Gasteiger partial charge is 0.505 e. The SMILES string of the molecule is CO/C=C/Cc1ccccc1CC#Cc1ccc2ccccc2c1. The fourth-order valence-electron chi connectivity index (χ4n) is 2.71. The molecule has 0 saturated heterocycles. The van der Waals surface area contributed by atoms with E-state index in [1.165, 1.54) is 21.9 Å². The molecule has 1 nitrogen and oxygen atoms in total. The predicted octanol–water partition coefficient (Wildman–Crippen LogP) is 5.14. The van der Waals surface area contributed by atoms with Gasteiger partial charge >= 0.3 is 0 Å². The summed E-state index contributed by atoms with van der Waals surface area (Å²) in [7, 11) is 1.66. The van der Waals surface area contributed by atoms with Gasteiger partial charge in [0, 0.05) is 12.0 Å². The summed E-state index contributed by atoms with van der Waals surface area (Å²) >= 11 is 0. The average Bonchev–Trinajstić information content (AvgIpc) is 2.63. The number of hydrogen-bond acceptors (Lipinski definition) is 1. The van der Waals surface area contributed by atoms with Crippen LogP contribution in [0.25, 0.3) is 10.8 Å². The Hall–Kier alpha value is -2.98. The number of rotatable bonds is 4. The van der Waals surface area contributed by atoms with Crippen molar-refractivity contribution in [2.75, 3.05) is 7.11 Å². The Morgan fingerprint density at radius 3 is 2.46 bits per heavy atom. The highest BCUT2D eigenvalue weighted by Crippen LogP contribution is 2.15. The molecule has 1 heteroatoms. The highest BCUT2D eigenvalue weighted by molar-refractivity contribution is 5.83. The van der Waals surface area contributed by atoms with Crippen LogP contribution in [0.1, 0.15) is 16.7 Å². The molecule has 118 valence electrons. The summed E-state index contributed by atoms with van der Waals surface area (Å²) < 4.78 is 4.97. The lowest BCUT2D eigenvalue weighted by molar-refractivity contribution is 0.337. The molecular weight excluding hydrogens is 292 g/mol. The standard InChI is InChI=1S/C23H20O/c1-24-17-7-14-21-10-3-2-9-20(21)13-6-8-19-15-16-22-11-4-5-12-23(22)18-19/h2-5,7,9-12,15-18H,13-14H2,1H3/b17-7+. The maximum absolute atomic E-state index is 4.97. The first kappa shape index (κ1) is 15.9. The highest BCUT2D eigenvalue weighted by Gasteiger charge is 1.98. The summed E-state index contributed by atoms with van der Waals surface area (Å²) in [5.41, 5.74) is 3.62. The van der Waals surface area contributed by atoms with Crippen molar-refractivity contribution in [3.8, 4) is 11.8 Å². The lowest BCUT2D eigenvalue weighted by Gasteiger charge is -2.03. The van der Waals surface area contributed by atoms with Gasteiger partial charge in [-0.2, -0.15) is 0 Å². The quantitative estimate of drug-likeness (QED) is 0.479. The van der Waals surface area contributed by atoms with Gasteiger partial charge in [0.15, 0.2) is 0 Å². The van der Waals surface area contributed by atoms with Crippen molar-refractivity contribution in [2.45, 2.75) is 12.8 Å². The van der Waals surface area contributed by atoms with Crippen molar-refractivity contribution in [1.82, 2.24) is 0 Å². The summed E-state index contributed by atoms with van der Waals surface area (Å²) in [4.78, 5) is 0. The van der Waals surface area contributed by atoms with Crippen LogP contribution in [-0.2, 0) is 17.6 Å². The molecule has 3 aromatic rings. The molecular formula is C23H20O. The smallest absolute Gasteiger partial charge is 0.0788 e. The third-order valence-electron chi connectivity index (χ3n) is 3.95. The molecule has 0 atom stereocenters. The molecule has 0 radical (unpaired) electrons. The summed E-state index contributed by atoms with van der Waals surface area (Å²) in [5.74, 6) is 6.60. The van der Waals surface area contributed by atoms with Gasteiger partial charge in [0.05, 0.1) is 13.4 Å². The Morgan fingerprint density at radius 2 is 1.62 bits per heavy atom. The molecule has 0 unspecified atom stereocenters. The fourth-order valence-corrected chi connectivity index (χ4v) is 2.71. The zero-order valence-corrected chi connectivity index (χ0v) is 13.8. The minimum Gasteiger partial charge on any atom is -0.505 e. The summed E-state index contributed by atoms with van der Waals surface area (Å²) in [6.07, 6.45) is 5.36. The van der Waals surface area contributed by atoms with Crippen molar-refractivity contribution >= 4 is 10.8 Å². The molecule has 0 amide bonds. The number of methoxy groups -OCH3 is 1. The van der Waals surface area contributed by atoms with Gasteiger partial charge < -0.3 is 4.74 Å². The molecule has 24 heavy (non-hydrogen) atoms. The number of allylic oxidation sites excluding steroid dienone is 1. The van der Waals surface area contributed by atoms with Gasteiger partial charge in [0.1, 0.15) is 0 Å². The molecule has 3 rings (SSSR count). The second kappa shape index (κ2) is 8.04. The van der Waals surface area contributed by atoms with Crippen molar-refractivity contribution in [3.05, 3.63) is 95.8 Å².